The van der Waals surface area contributed by atoms with Crippen molar-refractivity contribution in [1.82, 2.24) is 4.98 Å². The van der Waals surface area contributed by atoms with Crippen LogP contribution >= 0.6 is 0 Å². The van der Waals surface area contributed by atoms with Crippen molar-refractivity contribution >= 4 is 5.97 Å². The number of halogens is 1. The Balaban J connectivity index is 2.88. The number of carbonyl (C=O) groups excluding carboxylic acids is 1. The monoisotopic (exact) mass is 185 g/mol. The van der Waals surface area contributed by atoms with Gasteiger partial charge in [0, 0.05) is 6.20 Å². The van der Waals surface area contributed by atoms with Gasteiger partial charge in [0.2, 0.25) is 0 Å². The number of hydrogen-bond donors (Lipinski definition) is 1. The van der Waals surface area contributed by atoms with Crippen molar-refractivity contribution in [3.63, 3.8) is 0 Å². The maximum Gasteiger partial charge on any atom is 0.341 e. The Labute approximate surface area is 74.0 Å². The smallest absolute Gasteiger partial charge is 0.341 e. The molecule has 1 rings (SSSR count). The summed E-state index contributed by atoms with van der Waals surface area (Å²) in [4.78, 5) is 14.4. The Morgan fingerprint density at radius 1 is 1.77 bits per heavy atom. The number of methoxy groups -OCH3 is 1. The van der Waals surface area contributed by atoms with Gasteiger partial charge in [0.05, 0.1) is 12.8 Å². The molecule has 70 valence electrons. The van der Waals surface area contributed by atoms with Crippen LogP contribution in [0.25, 0.3) is 0 Å². The van der Waals surface area contributed by atoms with Crippen molar-refractivity contribution < 1.29 is 19.0 Å². The fourth-order valence-corrected chi connectivity index (χ4v) is 0.803. The highest BCUT2D eigenvalue weighted by Gasteiger charge is 2.19. The lowest BCUT2D eigenvalue weighted by Crippen LogP contribution is -2.14. The molecule has 5 heteroatoms. The standard InChI is InChI=1S/C8H8FNO3/c1-13-8(12)7(11)6-4-5(9)2-3-10-6/h2-4,7,11H,1H3. The molecule has 1 aromatic rings. The normalized spacial score (nSPS) is 12.2. The highest BCUT2D eigenvalue weighted by molar-refractivity contribution is 5.75. The first-order valence-corrected chi connectivity index (χ1v) is 3.52. The lowest BCUT2D eigenvalue weighted by molar-refractivity contribution is -0.150. The summed E-state index contributed by atoms with van der Waals surface area (Å²) in [5.41, 5.74) is -0.0631. The van der Waals surface area contributed by atoms with E-state index in [0.29, 0.717) is 0 Å². The topological polar surface area (TPSA) is 59.4 Å². The van der Waals surface area contributed by atoms with Gasteiger partial charge in [-0.25, -0.2) is 9.18 Å². The van der Waals surface area contributed by atoms with Crippen molar-refractivity contribution in [1.29, 1.82) is 0 Å². The number of nitrogens with zero attached hydrogens (tertiary/aromatic N) is 1. The molecule has 0 aliphatic rings. The molecular formula is C8H8FNO3. The van der Waals surface area contributed by atoms with E-state index in [2.05, 4.69) is 9.72 Å². The Hall–Kier alpha value is -1.49. The zero-order valence-corrected chi connectivity index (χ0v) is 6.90. The zero-order chi connectivity index (χ0) is 9.84. The zero-order valence-electron chi connectivity index (χ0n) is 6.90. The van der Waals surface area contributed by atoms with Gasteiger partial charge >= 0.3 is 5.97 Å². The molecule has 0 aromatic carbocycles. The highest BCUT2D eigenvalue weighted by Crippen LogP contribution is 2.11. The first-order valence-electron chi connectivity index (χ1n) is 3.52. The number of hydrogen-bond acceptors (Lipinski definition) is 4. The van der Waals surface area contributed by atoms with Crippen LogP contribution in [-0.4, -0.2) is 23.2 Å². The van der Waals surface area contributed by atoms with Gasteiger partial charge in [0.25, 0.3) is 0 Å². The molecule has 0 aliphatic carbocycles. The van der Waals surface area contributed by atoms with Crippen LogP contribution in [0, 0.1) is 5.82 Å². The lowest BCUT2D eigenvalue weighted by Gasteiger charge is -2.06. The van der Waals surface area contributed by atoms with E-state index in [9.17, 15) is 14.3 Å². The molecule has 0 spiro atoms. The minimum atomic E-state index is -1.53. The molecule has 0 saturated carbocycles. The molecule has 0 bridgehead atoms. The van der Waals surface area contributed by atoms with Gasteiger partial charge in [-0.1, -0.05) is 0 Å². The second kappa shape index (κ2) is 3.95. The van der Waals surface area contributed by atoms with Gasteiger partial charge in [0.1, 0.15) is 5.82 Å². The van der Waals surface area contributed by atoms with Gasteiger partial charge in [-0.3, -0.25) is 4.98 Å². The summed E-state index contributed by atoms with van der Waals surface area (Å²) in [6, 6.07) is 2.09. The summed E-state index contributed by atoms with van der Waals surface area (Å²) in [6.07, 6.45) is -0.364. The van der Waals surface area contributed by atoms with E-state index >= 15 is 0 Å². The summed E-state index contributed by atoms with van der Waals surface area (Å²) in [7, 11) is 1.13. The van der Waals surface area contributed by atoms with Crippen molar-refractivity contribution in [2.24, 2.45) is 0 Å². The third-order valence-corrected chi connectivity index (χ3v) is 1.45. The summed E-state index contributed by atoms with van der Waals surface area (Å²) < 4.78 is 16.8. The van der Waals surface area contributed by atoms with E-state index in [1.54, 1.807) is 0 Å². The number of esters is 1. The molecular weight excluding hydrogens is 177 g/mol. The minimum absolute atomic E-state index is 0.0631. The minimum Gasteiger partial charge on any atom is -0.467 e. The molecule has 1 unspecified atom stereocenters. The maximum atomic E-state index is 12.6. The van der Waals surface area contributed by atoms with E-state index in [-0.39, 0.29) is 5.69 Å². The van der Waals surface area contributed by atoms with Crippen LogP contribution in [0.3, 0.4) is 0 Å². The first kappa shape index (κ1) is 9.60. The Bertz CT molecular complexity index is 316. The predicted molar refractivity (Wildman–Crippen MR) is 41.2 cm³/mol. The van der Waals surface area contributed by atoms with Crippen molar-refractivity contribution in [3.8, 4) is 0 Å². The molecule has 0 amide bonds. The Morgan fingerprint density at radius 3 is 3.00 bits per heavy atom. The fourth-order valence-electron chi connectivity index (χ4n) is 0.803. The van der Waals surface area contributed by atoms with Crippen LogP contribution in [0.15, 0.2) is 18.3 Å². The number of rotatable bonds is 2. The van der Waals surface area contributed by atoms with Crippen LogP contribution in [0.1, 0.15) is 11.8 Å². The average Bonchev–Trinajstić information content (AvgIpc) is 2.15. The van der Waals surface area contributed by atoms with E-state index in [4.69, 9.17) is 0 Å². The first-order chi connectivity index (χ1) is 6.15. The largest absolute Gasteiger partial charge is 0.467 e. The summed E-state index contributed by atoms with van der Waals surface area (Å²) >= 11 is 0. The number of aromatic nitrogens is 1. The molecule has 1 N–H and O–H groups in total. The maximum absolute atomic E-state index is 12.6. The predicted octanol–water partition coefficient (Wildman–Crippen LogP) is 0.427. The van der Waals surface area contributed by atoms with Crippen LogP contribution < -0.4 is 0 Å². The number of ether oxygens (including phenoxy) is 1. The van der Waals surface area contributed by atoms with Crippen LogP contribution in [0.4, 0.5) is 4.39 Å². The highest BCUT2D eigenvalue weighted by atomic mass is 19.1. The third kappa shape index (κ3) is 2.22. The molecule has 13 heavy (non-hydrogen) atoms. The van der Waals surface area contributed by atoms with Crippen molar-refractivity contribution in [3.05, 3.63) is 29.8 Å². The number of aliphatic hydroxyl groups is 1. The molecule has 1 atom stereocenters. The molecule has 1 aromatic heterocycles. The Kier molecular flexibility index (Phi) is 2.92. The van der Waals surface area contributed by atoms with E-state index in [1.807, 2.05) is 0 Å². The molecule has 4 nitrogen and oxygen atoms in total. The van der Waals surface area contributed by atoms with Gasteiger partial charge in [0.15, 0.2) is 6.10 Å². The average molecular weight is 185 g/mol. The van der Waals surface area contributed by atoms with Crippen LogP contribution in [0.5, 0.6) is 0 Å². The SMILES string of the molecule is COC(=O)C(O)c1cc(F)ccn1. The number of pyridine rings is 1. The van der Waals surface area contributed by atoms with Crippen molar-refractivity contribution in [2.45, 2.75) is 6.10 Å². The van der Waals surface area contributed by atoms with Crippen LogP contribution in [-0.2, 0) is 9.53 Å². The van der Waals surface area contributed by atoms with E-state index < -0.39 is 17.9 Å². The van der Waals surface area contributed by atoms with E-state index in [1.165, 1.54) is 0 Å². The summed E-state index contributed by atoms with van der Waals surface area (Å²) in [5, 5.41) is 9.21. The molecule has 0 fully saturated rings. The molecule has 1 heterocycles. The molecule has 0 saturated heterocycles. The van der Waals surface area contributed by atoms with Gasteiger partial charge in [-0.15, -0.1) is 0 Å². The summed E-state index contributed by atoms with van der Waals surface area (Å²) in [5.74, 6) is -1.42. The van der Waals surface area contributed by atoms with Gasteiger partial charge < -0.3 is 9.84 Å². The molecule has 0 aliphatic heterocycles. The third-order valence-electron chi connectivity index (χ3n) is 1.45. The van der Waals surface area contributed by atoms with Crippen LogP contribution in [0.2, 0.25) is 0 Å². The Morgan fingerprint density at radius 2 is 2.46 bits per heavy atom. The second-order valence-corrected chi connectivity index (χ2v) is 2.32. The quantitative estimate of drug-likeness (QED) is 0.678. The lowest BCUT2D eigenvalue weighted by atomic mass is 10.2. The second-order valence-electron chi connectivity index (χ2n) is 2.32. The number of carbonyl (C=O) groups is 1. The number of aliphatic hydroxyl groups excluding tert-OH is 1. The van der Waals surface area contributed by atoms with Gasteiger partial charge in [-0.2, -0.15) is 0 Å². The van der Waals surface area contributed by atoms with Gasteiger partial charge in [-0.05, 0) is 12.1 Å². The van der Waals surface area contributed by atoms with Crippen molar-refractivity contribution in [2.75, 3.05) is 7.11 Å². The molecule has 0 radical (unpaired) electrons. The summed E-state index contributed by atoms with van der Waals surface area (Å²) in [6.45, 7) is 0. The fraction of sp³-hybridized carbons (Fsp3) is 0.250. The van der Waals surface area contributed by atoms with E-state index in [0.717, 1.165) is 25.4 Å².